The van der Waals surface area contributed by atoms with Gasteiger partial charge in [0.2, 0.25) is 17.7 Å². The van der Waals surface area contributed by atoms with Crippen LogP contribution in [0.1, 0.15) is 24.8 Å². The Labute approximate surface area is 187 Å². The molecule has 172 valence electrons. The van der Waals surface area contributed by atoms with Crippen molar-refractivity contribution in [2.45, 2.75) is 26.1 Å². The number of aromatic nitrogens is 2. The van der Waals surface area contributed by atoms with E-state index in [1.807, 2.05) is 30.3 Å². The molecule has 0 N–H and O–H groups in total. The van der Waals surface area contributed by atoms with Crippen LogP contribution in [0.3, 0.4) is 0 Å². The molecule has 0 aliphatic carbocycles. The number of alkyl halides is 3. The molecule has 1 saturated heterocycles. The maximum absolute atomic E-state index is 13.2. The van der Waals surface area contributed by atoms with Gasteiger partial charge in [-0.3, -0.25) is 9.59 Å². The molecule has 0 atom stereocenters. The lowest BCUT2D eigenvalue weighted by Gasteiger charge is -2.40. The van der Waals surface area contributed by atoms with E-state index in [-0.39, 0.29) is 30.2 Å². The van der Waals surface area contributed by atoms with Crippen LogP contribution in [0.5, 0.6) is 0 Å². The molecule has 4 rings (SSSR count). The van der Waals surface area contributed by atoms with Gasteiger partial charge in [0.1, 0.15) is 0 Å². The largest absolute Gasteiger partial charge is 0.470 e. The molecular formula is C23H21F3N4O3. The van der Waals surface area contributed by atoms with Crippen molar-refractivity contribution in [2.75, 3.05) is 18.0 Å². The molecule has 1 aliphatic heterocycles. The first-order valence-electron chi connectivity index (χ1n) is 10.4. The van der Waals surface area contributed by atoms with E-state index in [4.69, 9.17) is 4.42 Å². The fourth-order valence-electron chi connectivity index (χ4n) is 3.58. The Balaban J connectivity index is 1.50. The molecule has 2 aromatic carbocycles. The highest BCUT2D eigenvalue weighted by Gasteiger charge is 2.39. The number of anilines is 1. The summed E-state index contributed by atoms with van der Waals surface area (Å²) in [6.45, 7) is 2.84. The quantitative estimate of drug-likeness (QED) is 0.554. The molecule has 10 heteroatoms. The predicted octanol–water partition coefficient (Wildman–Crippen LogP) is 4.16. The predicted molar refractivity (Wildman–Crippen MR) is 113 cm³/mol. The summed E-state index contributed by atoms with van der Waals surface area (Å²) in [5.41, 5.74) is 1.83. The summed E-state index contributed by atoms with van der Waals surface area (Å²) in [5.74, 6) is -1.98. The summed E-state index contributed by atoms with van der Waals surface area (Å²) in [6.07, 6.45) is -4.30. The number of likely N-dealkylation sites (tertiary alicyclic amines) is 1. The molecule has 0 bridgehead atoms. The normalized spacial score (nSPS) is 14.1. The lowest BCUT2D eigenvalue weighted by atomic mass is 9.97. The van der Waals surface area contributed by atoms with Crippen molar-refractivity contribution in [1.29, 1.82) is 0 Å². The van der Waals surface area contributed by atoms with E-state index in [1.54, 1.807) is 41.0 Å². The highest BCUT2D eigenvalue weighted by molar-refractivity contribution is 5.96. The van der Waals surface area contributed by atoms with Gasteiger partial charge in [0, 0.05) is 30.8 Å². The first kappa shape index (κ1) is 22.5. The fraction of sp³-hybridized carbons (Fsp3) is 0.304. The third-order valence-electron chi connectivity index (χ3n) is 5.43. The van der Waals surface area contributed by atoms with Gasteiger partial charge in [-0.25, -0.2) is 0 Å². The van der Waals surface area contributed by atoms with Crippen molar-refractivity contribution in [1.82, 2.24) is 15.1 Å². The molecular weight excluding hydrogens is 437 g/mol. The van der Waals surface area contributed by atoms with Crippen molar-refractivity contribution >= 4 is 17.5 Å². The minimum atomic E-state index is -4.71. The smallest absolute Gasteiger partial charge is 0.413 e. The first-order chi connectivity index (χ1) is 15.8. The zero-order chi connectivity index (χ0) is 23.6. The van der Waals surface area contributed by atoms with E-state index in [0.717, 1.165) is 11.3 Å². The monoisotopic (exact) mass is 458 g/mol. The number of carbonyl (C=O) groups excluding carboxylic acids is 2. The molecule has 33 heavy (non-hydrogen) atoms. The standard InChI is InChI=1S/C23H21F3N4O3/c1-2-19(31)29-13-17(14-29)21(32)30(18-6-4-3-5-7-18)12-15-8-10-16(11-9-15)20-27-28-22(33-20)23(24,25)26/h3-11,17H,2,12-14H2,1H3. The van der Waals surface area contributed by atoms with Crippen LogP contribution in [0.2, 0.25) is 0 Å². The van der Waals surface area contributed by atoms with Crippen LogP contribution < -0.4 is 4.90 Å². The number of hydrogen-bond acceptors (Lipinski definition) is 5. The van der Waals surface area contributed by atoms with Crippen LogP contribution in [0, 0.1) is 5.92 Å². The Bertz CT molecular complexity index is 1120. The van der Waals surface area contributed by atoms with E-state index < -0.39 is 12.1 Å². The number of rotatable bonds is 6. The summed E-state index contributed by atoms with van der Waals surface area (Å²) >= 11 is 0. The summed E-state index contributed by atoms with van der Waals surface area (Å²) in [5, 5.41) is 6.49. The number of amides is 2. The second kappa shape index (κ2) is 9.05. The van der Waals surface area contributed by atoms with Gasteiger partial charge < -0.3 is 14.2 Å². The molecule has 7 nitrogen and oxygen atoms in total. The number of para-hydroxylation sites is 1. The maximum atomic E-state index is 13.2. The SMILES string of the molecule is CCC(=O)N1CC(C(=O)N(Cc2ccc(-c3nnc(C(F)(F)F)o3)cc2)c2ccccc2)C1. The zero-order valence-electron chi connectivity index (χ0n) is 17.7. The number of nitrogens with zero attached hydrogens (tertiary/aromatic N) is 4. The molecule has 2 amide bonds. The van der Waals surface area contributed by atoms with E-state index >= 15 is 0 Å². The van der Waals surface area contributed by atoms with Crippen LogP contribution in [0.25, 0.3) is 11.5 Å². The van der Waals surface area contributed by atoms with Gasteiger partial charge in [0.25, 0.3) is 0 Å². The average molecular weight is 458 g/mol. The molecule has 2 heterocycles. The van der Waals surface area contributed by atoms with Gasteiger partial charge in [0.15, 0.2) is 0 Å². The van der Waals surface area contributed by atoms with Crippen molar-refractivity contribution in [3.8, 4) is 11.5 Å². The fourth-order valence-corrected chi connectivity index (χ4v) is 3.58. The molecule has 0 radical (unpaired) electrons. The Morgan fingerprint density at radius 1 is 1.06 bits per heavy atom. The molecule has 0 saturated carbocycles. The van der Waals surface area contributed by atoms with Crippen LogP contribution >= 0.6 is 0 Å². The van der Waals surface area contributed by atoms with Crippen molar-refractivity contribution < 1.29 is 27.2 Å². The Hall–Kier alpha value is -3.69. The summed E-state index contributed by atoms with van der Waals surface area (Å²) in [4.78, 5) is 28.4. The summed E-state index contributed by atoms with van der Waals surface area (Å²) in [7, 11) is 0. The van der Waals surface area contributed by atoms with E-state index in [1.165, 1.54) is 0 Å². The second-order valence-electron chi connectivity index (χ2n) is 7.72. The number of halogens is 3. The minimum Gasteiger partial charge on any atom is -0.413 e. The van der Waals surface area contributed by atoms with Gasteiger partial charge in [0.05, 0.1) is 12.5 Å². The number of carbonyl (C=O) groups is 2. The molecule has 1 fully saturated rings. The van der Waals surface area contributed by atoms with E-state index in [0.29, 0.717) is 25.1 Å². The summed E-state index contributed by atoms with van der Waals surface area (Å²) < 4.78 is 42.8. The molecule has 3 aromatic rings. The van der Waals surface area contributed by atoms with Gasteiger partial charge in [-0.15, -0.1) is 10.2 Å². The van der Waals surface area contributed by atoms with Gasteiger partial charge in [-0.1, -0.05) is 37.3 Å². The molecule has 1 aromatic heterocycles. The third kappa shape index (κ3) is 4.89. The van der Waals surface area contributed by atoms with Gasteiger partial charge in [-0.2, -0.15) is 13.2 Å². The minimum absolute atomic E-state index is 0.0237. The van der Waals surface area contributed by atoms with Crippen molar-refractivity contribution in [2.24, 2.45) is 5.92 Å². The van der Waals surface area contributed by atoms with Crippen molar-refractivity contribution in [3.63, 3.8) is 0 Å². The zero-order valence-corrected chi connectivity index (χ0v) is 17.7. The Kier molecular flexibility index (Phi) is 6.17. The molecule has 1 aliphatic rings. The second-order valence-corrected chi connectivity index (χ2v) is 7.72. The van der Waals surface area contributed by atoms with Crippen LogP contribution in [-0.2, 0) is 22.3 Å². The van der Waals surface area contributed by atoms with Gasteiger partial charge >= 0.3 is 12.1 Å². The van der Waals surface area contributed by atoms with Gasteiger partial charge in [-0.05, 0) is 29.8 Å². The average Bonchev–Trinajstić information content (AvgIpc) is 3.28. The molecule has 0 spiro atoms. The highest BCUT2D eigenvalue weighted by atomic mass is 19.4. The number of benzene rings is 2. The highest BCUT2D eigenvalue weighted by Crippen LogP contribution is 2.31. The Morgan fingerprint density at radius 2 is 1.73 bits per heavy atom. The lowest BCUT2D eigenvalue weighted by molar-refractivity contribution is -0.157. The third-order valence-corrected chi connectivity index (χ3v) is 5.43. The molecule has 0 unspecified atom stereocenters. The lowest BCUT2D eigenvalue weighted by Crippen LogP contribution is -2.56. The maximum Gasteiger partial charge on any atom is 0.470 e. The van der Waals surface area contributed by atoms with E-state index in [9.17, 15) is 22.8 Å². The van der Waals surface area contributed by atoms with Crippen LogP contribution in [-0.4, -0.2) is 40.0 Å². The summed E-state index contributed by atoms with van der Waals surface area (Å²) in [6, 6.07) is 15.7. The van der Waals surface area contributed by atoms with E-state index in [2.05, 4.69) is 10.2 Å². The van der Waals surface area contributed by atoms with Crippen LogP contribution in [0.15, 0.2) is 59.0 Å². The Morgan fingerprint density at radius 3 is 2.30 bits per heavy atom. The van der Waals surface area contributed by atoms with Crippen LogP contribution in [0.4, 0.5) is 18.9 Å². The number of hydrogen-bond donors (Lipinski definition) is 0. The topological polar surface area (TPSA) is 79.5 Å². The van der Waals surface area contributed by atoms with Crippen molar-refractivity contribution in [3.05, 3.63) is 66.1 Å². The first-order valence-corrected chi connectivity index (χ1v) is 10.4.